The number of fused-ring (bicyclic) bond motifs is 3. The van der Waals surface area contributed by atoms with Crippen LogP contribution in [-0.4, -0.2) is 65.9 Å². The monoisotopic (exact) mass is 478 g/mol. The van der Waals surface area contributed by atoms with Crippen molar-refractivity contribution in [3.05, 3.63) is 59.7 Å². The molecule has 2 aliphatic heterocycles. The number of carboxylic acid groups (broad SMARTS) is 1. The van der Waals surface area contributed by atoms with Gasteiger partial charge in [0.1, 0.15) is 18.2 Å². The molecule has 5 rings (SSSR count). The zero-order chi connectivity index (χ0) is 24.4. The molecule has 2 amide bonds. The lowest BCUT2D eigenvalue weighted by Crippen LogP contribution is -2.63. The molecule has 2 aromatic carbocycles. The topological polar surface area (TPSA) is 105 Å². The number of hydrogen-bond donors (Lipinski definition) is 2. The molecule has 2 fully saturated rings. The highest BCUT2D eigenvalue weighted by molar-refractivity contribution is 5.93. The fraction of sp³-hybridized carbons (Fsp3) is 0.444. The second-order valence-electron chi connectivity index (χ2n) is 9.54. The Balaban J connectivity index is 1.31. The Labute approximate surface area is 204 Å². The first-order chi connectivity index (χ1) is 17.0. The van der Waals surface area contributed by atoms with Crippen LogP contribution in [0.1, 0.15) is 49.1 Å². The van der Waals surface area contributed by atoms with Crippen LogP contribution in [0.2, 0.25) is 0 Å². The molecular formula is C27H30N2O6. The number of nitrogens with zero attached hydrogens (tertiary/aromatic N) is 1. The third-order valence-corrected chi connectivity index (χ3v) is 7.41. The van der Waals surface area contributed by atoms with Gasteiger partial charge in [-0.15, -0.1) is 0 Å². The molecule has 0 aromatic heterocycles. The number of carbonyl (C=O) groups excluding carboxylic acids is 2. The highest BCUT2D eigenvalue weighted by Crippen LogP contribution is 2.44. The molecule has 184 valence electrons. The van der Waals surface area contributed by atoms with E-state index in [0.717, 1.165) is 41.5 Å². The number of benzene rings is 2. The van der Waals surface area contributed by atoms with Crippen LogP contribution < -0.4 is 5.32 Å². The van der Waals surface area contributed by atoms with Crippen molar-refractivity contribution in [2.75, 3.05) is 26.4 Å². The van der Waals surface area contributed by atoms with Crippen molar-refractivity contribution in [2.45, 2.75) is 49.6 Å². The number of carbonyl (C=O) groups is 3. The van der Waals surface area contributed by atoms with Crippen LogP contribution in [0.3, 0.4) is 0 Å². The maximum Gasteiger partial charge on any atom is 0.408 e. The van der Waals surface area contributed by atoms with Gasteiger partial charge in [-0.1, -0.05) is 61.4 Å². The van der Waals surface area contributed by atoms with Crippen LogP contribution in [0.15, 0.2) is 48.5 Å². The minimum Gasteiger partial charge on any atom is -0.480 e. The quantitative estimate of drug-likeness (QED) is 0.681. The van der Waals surface area contributed by atoms with Crippen molar-refractivity contribution in [3.8, 4) is 11.1 Å². The molecule has 8 nitrogen and oxygen atoms in total. The predicted molar refractivity (Wildman–Crippen MR) is 128 cm³/mol. The lowest BCUT2D eigenvalue weighted by atomic mass is 9.95. The minimum absolute atomic E-state index is 0.00112. The molecule has 0 bridgehead atoms. The third kappa shape index (κ3) is 4.38. The Hall–Kier alpha value is -3.39. The molecule has 35 heavy (non-hydrogen) atoms. The summed E-state index contributed by atoms with van der Waals surface area (Å²) in [5.41, 5.74) is 3.15. The summed E-state index contributed by atoms with van der Waals surface area (Å²) in [6.07, 6.45) is 2.34. The van der Waals surface area contributed by atoms with Crippen molar-refractivity contribution in [2.24, 2.45) is 0 Å². The summed E-state index contributed by atoms with van der Waals surface area (Å²) in [5, 5.41) is 12.5. The molecule has 2 atom stereocenters. The number of ether oxygens (including phenoxy) is 2. The standard InChI is InChI=1S/C27H30N2O6/c30-24(31)23-12-2-1-7-14-29(23)25(32)27(13-15-34-17-27)28-26(33)35-16-22-20-10-5-3-8-18(20)19-9-4-6-11-21(19)22/h3-6,8-11,22-23H,1-2,7,12-17H2,(H,28,33)(H,30,31). The van der Waals surface area contributed by atoms with E-state index < -0.39 is 29.6 Å². The van der Waals surface area contributed by atoms with Gasteiger partial charge in [-0.05, 0) is 35.1 Å². The summed E-state index contributed by atoms with van der Waals surface area (Å²) >= 11 is 0. The van der Waals surface area contributed by atoms with Gasteiger partial charge in [0.25, 0.3) is 5.91 Å². The van der Waals surface area contributed by atoms with E-state index in [-0.39, 0.29) is 25.6 Å². The summed E-state index contributed by atoms with van der Waals surface area (Å²) in [7, 11) is 0. The van der Waals surface area contributed by atoms with Crippen molar-refractivity contribution < 1.29 is 29.0 Å². The number of amides is 2. The molecule has 2 unspecified atom stereocenters. The van der Waals surface area contributed by atoms with E-state index >= 15 is 0 Å². The summed E-state index contributed by atoms with van der Waals surface area (Å²) in [4.78, 5) is 39.9. The lowest BCUT2D eigenvalue weighted by Gasteiger charge is -2.36. The predicted octanol–water partition coefficient (Wildman–Crippen LogP) is 3.54. The number of likely N-dealkylation sites (tertiary alicyclic amines) is 1. The Morgan fingerprint density at radius 3 is 2.34 bits per heavy atom. The fourth-order valence-corrected chi connectivity index (χ4v) is 5.60. The average Bonchev–Trinajstić information content (AvgIpc) is 3.36. The van der Waals surface area contributed by atoms with Gasteiger partial charge in [0, 0.05) is 25.5 Å². The van der Waals surface area contributed by atoms with E-state index in [4.69, 9.17) is 9.47 Å². The van der Waals surface area contributed by atoms with Gasteiger partial charge in [-0.3, -0.25) is 4.79 Å². The third-order valence-electron chi connectivity index (χ3n) is 7.41. The molecule has 3 aliphatic rings. The van der Waals surface area contributed by atoms with E-state index in [0.29, 0.717) is 19.6 Å². The van der Waals surface area contributed by atoms with Crippen LogP contribution >= 0.6 is 0 Å². The van der Waals surface area contributed by atoms with Crippen LogP contribution in [0.25, 0.3) is 11.1 Å². The zero-order valence-electron chi connectivity index (χ0n) is 19.6. The van der Waals surface area contributed by atoms with Crippen LogP contribution in [0.4, 0.5) is 4.79 Å². The van der Waals surface area contributed by atoms with Gasteiger partial charge in [-0.25, -0.2) is 9.59 Å². The molecule has 2 N–H and O–H groups in total. The van der Waals surface area contributed by atoms with Crippen LogP contribution in [-0.2, 0) is 19.1 Å². The Kier molecular flexibility index (Phi) is 6.47. The van der Waals surface area contributed by atoms with Crippen molar-refractivity contribution in [3.63, 3.8) is 0 Å². The van der Waals surface area contributed by atoms with Gasteiger partial charge in [0.15, 0.2) is 0 Å². The summed E-state index contributed by atoms with van der Waals surface area (Å²) in [5.74, 6) is -1.52. The molecule has 0 spiro atoms. The molecular weight excluding hydrogens is 448 g/mol. The number of rotatable bonds is 5. The number of aliphatic carboxylic acids is 1. The SMILES string of the molecule is O=C(NC1(C(=O)N2CCCCCC2C(=O)O)CCOC1)OCC1c2ccccc2-c2ccccc21. The van der Waals surface area contributed by atoms with E-state index in [1.165, 1.54) is 4.90 Å². The van der Waals surface area contributed by atoms with E-state index in [2.05, 4.69) is 17.4 Å². The molecule has 2 aromatic rings. The van der Waals surface area contributed by atoms with Gasteiger partial charge < -0.3 is 24.8 Å². The fourth-order valence-electron chi connectivity index (χ4n) is 5.60. The van der Waals surface area contributed by atoms with Gasteiger partial charge in [0.05, 0.1) is 6.61 Å². The molecule has 0 radical (unpaired) electrons. The number of carboxylic acids is 1. The molecule has 0 saturated carbocycles. The van der Waals surface area contributed by atoms with Crippen LogP contribution in [0.5, 0.6) is 0 Å². The summed E-state index contributed by atoms with van der Waals surface area (Å²) in [6.45, 7) is 0.788. The van der Waals surface area contributed by atoms with Crippen molar-refractivity contribution in [1.29, 1.82) is 0 Å². The normalized spacial score (nSPS) is 23.8. The largest absolute Gasteiger partial charge is 0.480 e. The molecule has 2 heterocycles. The average molecular weight is 479 g/mol. The first-order valence-corrected chi connectivity index (χ1v) is 12.2. The smallest absolute Gasteiger partial charge is 0.408 e. The molecule has 1 aliphatic carbocycles. The van der Waals surface area contributed by atoms with E-state index in [9.17, 15) is 19.5 Å². The first kappa shape index (κ1) is 23.4. The van der Waals surface area contributed by atoms with Crippen molar-refractivity contribution in [1.82, 2.24) is 10.2 Å². The summed E-state index contributed by atoms with van der Waals surface area (Å²) in [6, 6.07) is 15.3. The maximum absolute atomic E-state index is 13.6. The highest BCUT2D eigenvalue weighted by atomic mass is 16.6. The maximum atomic E-state index is 13.6. The van der Waals surface area contributed by atoms with Gasteiger partial charge in [0.2, 0.25) is 0 Å². The van der Waals surface area contributed by atoms with Crippen molar-refractivity contribution >= 4 is 18.0 Å². The lowest BCUT2D eigenvalue weighted by molar-refractivity contribution is -0.153. The molecule has 2 saturated heterocycles. The second-order valence-corrected chi connectivity index (χ2v) is 9.54. The highest BCUT2D eigenvalue weighted by Gasteiger charge is 2.49. The first-order valence-electron chi connectivity index (χ1n) is 12.2. The number of hydrogen-bond acceptors (Lipinski definition) is 5. The van der Waals surface area contributed by atoms with Crippen LogP contribution in [0, 0.1) is 0 Å². The van der Waals surface area contributed by atoms with Gasteiger partial charge in [-0.2, -0.15) is 0 Å². The van der Waals surface area contributed by atoms with Gasteiger partial charge >= 0.3 is 12.1 Å². The zero-order valence-corrected chi connectivity index (χ0v) is 19.6. The second kappa shape index (κ2) is 9.70. The Bertz CT molecular complexity index is 1080. The summed E-state index contributed by atoms with van der Waals surface area (Å²) < 4.78 is 11.2. The van der Waals surface area contributed by atoms with E-state index in [1.807, 2.05) is 36.4 Å². The molecule has 8 heteroatoms. The number of nitrogens with one attached hydrogen (secondary N) is 1. The Morgan fingerprint density at radius 2 is 1.71 bits per heavy atom. The van der Waals surface area contributed by atoms with E-state index in [1.54, 1.807) is 0 Å². The Morgan fingerprint density at radius 1 is 1.03 bits per heavy atom. The minimum atomic E-state index is -1.32. The number of alkyl carbamates (subject to hydrolysis) is 1.